The van der Waals surface area contributed by atoms with Gasteiger partial charge in [0.15, 0.2) is 5.96 Å². The smallest absolute Gasteiger partial charge is 0.416 e. The quantitative estimate of drug-likeness (QED) is 0.280. The maximum atomic E-state index is 12.7. The molecule has 0 unspecified atom stereocenters. The number of carbonyl (C=O) groups is 1. The lowest BCUT2D eigenvalue weighted by atomic mass is 10.1. The molecule has 2 rings (SSSR count). The van der Waals surface area contributed by atoms with Gasteiger partial charge in [-0.15, -0.1) is 24.0 Å². The topological polar surface area (TPSA) is 57.2 Å². The summed E-state index contributed by atoms with van der Waals surface area (Å²) in [6.07, 6.45) is -4.71. The number of ether oxygens (including phenoxy) is 1. The van der Waals surface area contributed by atoms with Crippen LogP contribution in [0.4, 0.5) is 18.0 Å². The minimum Gasteiger partial charge on any atom is -0.450 e. The van der Waals surface area contributed by atoms with Gasteiger partial charge in [0.25, 0.3) is 0 Å². The fourth-order valence-electron chi connectivity index (χ4n) is 2.69. The van der Waals surface area contributed by atoms with E-state index in [0.717, 1.165) is 12.1 Å². The van der Waals surface area contributed by atoms with E-state index in [1.54, 1.807) is 18.9 Å². The average Bonchev–Trinajstić information content (AvgIpc) is 2.68. The number of guanidine groups is 1. The number of benzene rings is 1. The van der Waals surface area contributed by atoms with E-state index in [4.69, 9.17) is 4.74 Å². The lowest BCUT2D eigenvalue weighted by Gasteiger charge is -2.35. The van der Waals surface area contributed by atoms with Crippen LogP contribution in [0.3, 0.4) is 0 Å². The highest BCUT2D eigenvalue weighted by Crippen LogP contribution is 2.29. The van der Waals surface area contributed by atoms with E-state index in [1.165, 1.54) is 12.1 Å². The second-order valence-corrected chi connectivity index (χ2v) is 5.95. The second-order valence-electron chi connectivity index (χ2n) is 5.95. The maximum Gasteiger partial charge on any atom is 0.416 e. The number of hydrogen-bond donors (Lipinski definition) is 1. The Kier molecular flexibility index (Phi) is 10.1. The summed E-state index contributed by atoms with van der Waals surface area (Å²) in [4.78, 5) is 19.5. The molecule has 1 N–H and O–H groups in total. The Bertz CT molecular complexity index is 767. The normalized spacial score (nSPS) is 14.4. The predicted octanol–water partition coefficient (Wildman–Crippen LogP) is 3.02. The number of rotatable bonds is 2. The van der Waals surface area contributed by atoms with Gasteiger partial charge in [-0.1, -0.05) is 17.9 Å². The number of carbonyl (C=O) groups excluding carboxylic acids is 1. The zero-order valence-electron chi connectivity index (χ0n) is 16.3. The van der Waals surface area contributed by atoms with Crippen molar-refractivity contribution in [2.75, 3.05) is 46.4 Å². The van der Waals surface area contributed by atoms with Crippen LogP contribution >= 0.6 is 24.0 Å². The predicted molar refractivity (Wildman–Crippen MR) is 115 cm³/mol. The largest absolute Gasteiger partial charge is 0.450 e. The molecule has 1 heterocycles. The first-order valence-corrected chi connectivity index (χ1v) is 8.88. The van der Waals surface area contributed by atoms with Gasteiger partial charge >= 0.3 is 12.3 Å². The van der Waals surface area contributed by atoms with Gasteiger partial charge in [0.1, 0.15) is 0 Å². The van der Waals surface area contributed by atoms with Crippen molar-refractivity contribution in [3.05, 3.63) is 35.4 Å². The van der Waals surface area contributed by atoms with E-state index in [2.05, 4.69) is 22.2 Å². The van der Waals surface area contributed by atoms with Gasteiger partial charge < -0.3 is 19.9 Å². The summed E-state index contributed by atoms with van der Waals surface area (Å²) >= 11 is 0. The van der Waals surface area contributed by atoms with Crippen LogP contribution in [-0.4, -0.2) is 68.2 Å². The molecule has 1 amide bonds. The van der Waals surface area contributed by atoms with Crippen molar-refractivity contribution in [2.45, 2.75) is 13.1 Å². The summed E-state index contributed by atoms with van der Waals surface area (Å²) in [5, 5.41) is 3.07. The first-order chi connectivity index (χ1) is 13.3. The van der Waals surface area contributed by atoms with E-state index in [1.807, 2.05) is 4.90 Å². The van der Waals surface area contributed by atoms with Gasteiger partial charge in [-0.3, -0.25) is 4.99 Å². The SMILES string of the molecule is CCOC(=O)N1CCN(C(=NC)NCC#Cc2cccc(C(F)(F)F)c2)CC1.I. The van der Waals surface area contributed by atoms with Gasteiger partial charge in [0, 0.05) is 38.8 Å². The highest BCUT2D eigenvalue weighted by atomic mass is 127. The molecule has 0 bridgehead atoms. The van der Waals surface area contributed by atoms with Gasteiger partial charge in [0.2, 0.25) is 0 Å². The summed E-state index contributed by atoms with van der Waals surface area (Å²) < 4.78 is 43.1. The molecule has 1 aliphatic heterocycles. The number of halogens is 4. The summed E-state index contributed by atoms with van der Waals surface area (Å²) in [7, 11) is 1.64. The molecule has 29 heavy (non-hydrogen) atoms. The summed E-state index contributed by atoms with van der Waals surface area (Å²) in [5.74, 6) is 6.15. The van der Waals surface area contributed by atoms with Crippen molar-refractivity contribution in [3.8, 4) is 11.8 Å². The molecule has 0 spiro atoms. The summed E-state index contributed by atoms with van der Waals surface area (Å²) in [6.45, 7) is 4.58. The lowest BCUT2D eigenvalue weighted by molar-refractivity contribution is -0.137. The molecule has 1 fully saturated rings. The van der Waals surface area contributed by atoms with Crippen LogP contribution < -0.4 is 5.32 Å². The Hall–Kier alpha value is -2.16. The minimum atomic E-state index is -4.39. The van der Waals surface area contributed by atoms with Crippen LogP contribution in [0.1, 0.15) is 18.1 Å². The third-order valence-electron chi connectivity index (χ3n) is 4.07. The number of amides is 1. The van der Waals surface area contributed by atoms with Crippen molar-refractivity contribution in [2.24, 2.45) is 4.99 Å². The number of nitrogens with one attached hydrogen (secondary N) is 1. The molecule has 1 saturated heterocycles. The first kappa shape index (κ1) is 24.9. The third-order valence-corrected chi connectivity index (χ3v) is 4.07. The molecule has 1 aromatic rings. The van der Waals surface area contributed by atoms with Crippen molar-refractivity contribution in [3.63, 3.8) is 0 Å². The molecule has 160 valence electrons. The molecule has 0 atom stereocenters. The van der Waals surface area contributed by atoms with Gasteiger partial charge in [0.05, 0.1) is 18.7 Å². The van der Waals surface area contributed by atoms with Crippen LogP contribution in [0, 0.1) is 11.8 Å². The monoisotopic (exact) mass is 524 g/mol. The first-order valence-electron chi connectivity index (χ1n) is 8.88. The molecule has 10 heteroatoms. The van der Waals surface area contributed by atoms with Gasteiger partial charge in [-0.2, -0.15) is 13.2 Å². The van der Waals surface area contributed by atoms with Crippen LogP contribution in [-0.2, 0) is 10.9 Å². The van der Waals surface area contributed by atoms with Crippen LogP contribution in [0.15, 0.2) is 29.3 Å². The van der Waals surface area contributed by atoms with Crippen LogP contribution in [0.25, 0.3) is 0 Å². The summed E-state index contributed by atoms with van der Waals surface area (Å²) in [5.41, 5.74) is -0.419. The molecular formula is C19H24F3IN4O2. The Morgan fingerprint density at radius 3 is 2.48 bits per heavy atom. The summed E-state index contributed by atoms with van der Waals surface area (Å²) in [6, 6.07) is 4.91. The molecular weight excluding hydrogens is 500 g/mol. The van der Waals surface area contributed by atoms with Crippen molar-refractivity contribution in [1.29, 1.82) is 0 Å². The molecule has 0 saturated carbocycles. The maximum absolute atomic E-state index is 12.7. The van der Waals surface area contributed by atoms with E-state index >= 15 is 0 Å². The zero-order valence-corrected chi connectivity index (χ0v) is 18.6. The number of nitrogens with zero attached hydrogens (tertiary/aromatic N) is 3. The van der Waals surface area contributed by atoms with E-state index < -0.39 is 11.7 Å². The van der Waals surface area contributed by atoms with Crippen molar-refractivity contribution in [1.82, 2.24) is 15.1 Å². The van der Waals surface area contributed by atoms with E-state index in [9.17, 15) is 18.0 Å². The second kappa shape index (κ2) is 11.7. The molecule has 0 aliphatic carbocycles. The number of hydrogen-bond acceptors (Lipinski definition) is 3. The van der Waals surface area contributed by atoms with Crippen LogP contribution in [0.2, 0.25) is 0 Å². The Balaban J connectivity index is 0.00000420. The zero-order chi connectivity index (χ0) is 20.6. The van der Waals surface area contributed by atoms with Gasteiger partial charge in [-0.25, -0.2) is 4.79 Å². The minimum absolute atomic E-state index is 0. The lowest BCUT2D eigenvalue weighted by Crippen LogP contribution is -2.53. The standard InChI is InChI=1S/C19H23F3N4O2.HI/c1-3-28-18(27)26-12-10-25(11-13-26)17(23-2)24-9-5-7-15-6-4-8-16(14-15)19(20,21)22;/h4,6,8,14H,3,9-13H2,1-2H3,(H,23,24);1H. The number of piperazine rings is 1. The van der Waals surface area contributed by atoms with Gasteiger partial charge in [-0.05, 0) is 25.1 Å². The van der Waals surface area contributed by atoms with Crippen molar-refractivity contribution >= 4 is 36.0 Å². The Labute approximate surface area is 185 Å². The molecule has 0 radical (unpaired) electrons. The highest BCUT2D eigenvalue weighted by molar-refractivity contribution is 14.0. The Morgan fingerprint density at radius 2 is 1.90 bits per heavy atom. The van der Waals surface area contributed by atoms with E-state index in [0.29, 0.717) is 44.3 Å². The molecule has 6 nitrogen and oxygen atoms in total. The van der Waals surface area contributed by atoms with Crippen molar-refractivity contribution < 1.29 is 22.7 Å². The van der Waals surface area contributed by atoms with Crippen LogP contribution in [0.5, 0.6) is 0 Å². The Morgan fingerprint density at radius 1 is 1.24 bits per heavy atom. The fourth-order valence-corrected chi connectivity index (χ4v) is 2.69. The number of aliphatic imine (C=N–C) groups is 1. The number of alkyl halides is 3. The third kappa shape index (κ3) is 7.64. The molecule has 1 aromatic carbocycles. The molecule has 1 aliphatic rings. The average molecular weight is 524 g/mol. The fraction of sp³-hybridized carbons (Fsp3) is 0.474. The van der Waals surface area contributed by atoms with E-state index in [-0.39, 0.29) is 36.6 Å². The molecule has 0 aromatic heterocycles. The highest BCUT2D eigenvalue weighted by Gasteiger charge is 2.30.